The highest BCUT2D eigenvalue weighted by atomic mass is 16.5. The molecule has 0 spiro atoms. The first kappa shape index (κ1) is 11.6. The molecule has 0 saturated heterocycles. The van der Waals surface area contributed by atoms with Gasteiger partial charge in [-0.3, -0.25) is 5.10 Å². The van der Waals surface area contributed by atoms with Crippen LogP contribution in [0.4, 0.5) is 0 Å². The van der Waals surface area contributed by atoms with Crippen molar-refractivity contribution in [3.8, 4) is 0 Å². The second-order valence-corrected chi connectivity index (χ2v) is 2.88. The highest BCUT2D eigenvalue weighted by Crippen LogP contribution is 1.97. The molecule has 0 aliphatic heterocycles. The van der Waals surface area contributed by atoms with Crippen molar-refractivity contribution in [3.63, 3.8) is 0 Å². The molecule has 0 aromatic carbocycles. The zero-order valence-electron chi connectivity index (χ0n) is 8.95. The molecule has 0 fully saturated rings. The SMILES string of the molecule is CCCOCc1nc(C(=O)OCC)n[nH]1. The Bertz CT molecular complexity index is 311. The highest BCUT2D eigenvalue weighted by molar-refractivity contribution is 5.84. The molecule has 0 bridgehead atoms. The van der Waals surface area contributed by atoms with Crippen molar-refractivity contribution in [1.29, 1.82) is 0 Å². The Morgan fingerprint density at radius 1 is 1.47 bits per heavy atom. The Morgan fingerprint density at radius 3 is 2.93 bits per heavy atom. The molecule has 15 heavy (non-hydrogen) atoms. The van der Waals surface area contributed by atoms with E-state index >= 15 is 0 Å². The minimum absolute atomic E-state index is 0.0481. The number of aromatic nitrogens is 3. The van der Waals surface area contributed by atoms with Crippen molar-refractivity contribution < 1.29 is 14.3 Å². The van der Waals surface area contributed by atoms with E-state index in [2.05, 4.69) is 15.2 Å². The molecule has 1 aromatic rings. The van der Waals surface area contributed by atoms with Crippen LogP contribution in [0, 0.1) is 0 Å². The molecule has 6 nitrogen and oxygen atoms in total. The molecule has 1 rings (SSSR count). The van der Waals surface area contributed by atoms with Crippen LogP contribution in [-0.2, 0) is 16.1 Å². The average molecular weight is 213 g/mol. The number of carbonyl (C=O) groups excluding carboxylic acids is 1. The maximum atomic E-state index is 11.2. The number of nitrogens with zero attached hydrogens (tertiary/aromatic N) is 2. The van der Waals surface area contributed by atoms with Gasteiger partial charge in [0, 0.05) is 6.61 Å². The Hall–Kier alpha value is -1.43. The second kappa shape index (κ2) is 6.13. The molecule has 0 radical (unpaired) electrons. The Kier molecular flexibility index (Phi) is 4.76. The summed E-state index contributed by atoms with van der Waals surface area (Å²) in [4.78, 5) is 15.1. The molecule has 0 aliphatic rings. The highest BCUT2D eigenvalue weighted by Gasteiger charge is 2.12. The van der Waals surface area contributed by atoms with Crippen molar-refractivity contribution in [2.75, 3.05) is 13.2 Å². The van der Waals surface area contributed by atoms with Gasteiger partial charge in [0.05, 0.1) is 6.61 Å². The number of esters is 1. The third-order valence-corrected chi connectivity index (χ3v) is 1.58. The summed E-state index contributed by atoms with van der Waals surface area (Å²) < 4.78 is 9.98. The standard InChI is InChI=1S/C9H15N3O3/c1-3-5-14-6-7-10-8(12-11-7)9(13)15-4-2/h3-6H2,1-2H3,(H,10,11,12). The van der Waals surface area contributed by atoms with Gasteiger partial charge < -0.3 is 9.47 Å². The largest absolute Gasteiger partial charge is 0.460 e. The number of aromatic amines is 1. The molecule has 0 atom stereocenters. The molecule has 0 amide bonds. The Morgan fingerprint density at radius 2 is 2.27 bits per heavy atom. The summed E-state index contributed by atoms with van der Waals surface area (Å²) in [6.45, 7) is 5.06. The van der Waals surface area contributed by atoms with Gasteiger partial charge in [0.25, 0.3) is 5.82 Å². The summed E-state index contributed by atoms with van der Waals surface area (Å²) in [7, 11) is 0. The van der Waals surface area contributed by atoms with Crippen LogP contribution in [0.25, 0.3) is 0 Å². The van der Waals surface area contributed by atoms with Crippen molar-refractivity contribution >= 4 is 5.97 Å². The maximum Gasteiger partial charge on any atom is 0.378 e. The van der Waals surface area contributed by atoms with Crippen LogP contribution in [-0.4, -0.2) is 34.4 Å². The second-order valence-electron chi connectivity index (χ2n) is 2.88. The molecule has 6 heteroatoms. The summed E-state index contributed by atoms with van der Waals surface area (Å²) in [6, 6.07) is 0. The molecule has 0 unspecified atom stereocenters. The number of carbonyl (C=O) groups is 1. The average Bonchev–Trinajstić information content (AvgIpc) is 2.67. The lowest BCUT2D eigenvalue weighted by Gasteiger charge is -1.97. The van der Waals surface area contributed by atoms with Gasteiger partial charge in [-0.15, -0.1) is 5.10 Å². The van der Waals surface area contributed by atoms with Crippen molar-refractivity contribution in [1.82, 2.24) is 15.2 Å². The first-order valence-corrected chi connectivity index (χ1v) is 4.94. The van der Waals surface area contributed by atoms with Crippen LogP contribution >= 0.6 is 0 Å². The molecular formula is C9H15N3O3. The van der Waals surface area contributed by atoms with E-state index in [4.69, 9.17) is 9.47 Å². The molecular weight excluding hydrogens is 198 g/mol. The lowest BCUT2D eigenvalue weighted by Crippen LogP contribution is -2.06. The number of H-pyrrole nitrogens is 1. The number of hydrogen-bond donors (Lipinski definition) is 1. The van der Waals surface area contributed by atoms with Gasteiger partial charge in [-0.1, -0.05) is 6.92 Å². The maximum absolute atomic E-state index is 11.2. The lowest BCUT2D eigenvalue weighted by atomic mass is 10.5. The summed E-state index contributed by atoms with van der Waals surface area (Å²) in [5, 5.41) is 6.34. The number of hydrogen-bond acceptors (Lipinski definition) is 5. The number of ether oxygens (including phenoxy) is 2. The minimum atomic E-state index is -0.518. The summed E-state index contributed by atoms with van der Waals surface area (Å²) in [5.74, 6) is 0.0638. The van der Waals surface area contributed by atoms with Gasteiger partial charge in [-0.2, -0.15) is 0 Å². The van der Waals surface area contributed by atoms with Crippen LogP contribution in [0.2, 0.25) is 0 Å². The Labute approximate surface area is 88.0 Å². The summed E-state index contributed by atoms with van der Waals surface area (Å²) in [6.07, 6.45) is 0.943. The first-order chi connectivity index (χ1) is 7.27. The van der Waals surface area contributed by atoms with E-state index in [9.17, 15) is 4.79 Å². The van der Waals surface area contributed by atoms with Gasteiger partial charge in [0.15, 0.2) is 5.82 Å². The van der Waals surface area contributed by atoms with E-state index in [0.717, 1.165) is 6.42 Å². The lowest BCUT2D eigenvalue weighted by molar-refractivity contribution is 0.0512. The quantitative estimate of drug-likeness (QED) is 0.561. The zero-order chi connectivity index (χ0) is 11.1. The van der Waals surface area contributed by atoms with Gasteiger partial charge in [0.1, 0.15) is 6.61 Å². The van der Waals surface area contributed by atoms with E-state index in [0.29, 0.717) is 25.6 Å². The van der Waals surface area contributed by atoms with Gasteiger partial charge in [-0.25, -0.2) is 9.78 Å². The first-order valence-electron chi connectivity index (χ1n) is 4.94. The van der Waals surface area contributed by atoms with Crippen LogP contribution in [0.3, 0.4) is 0 Å². The van der Waals surface area contributed by atoms with Crippen molar-refractivity contribution in [2.45, 2.75) is 26.9 Å². The van der Waals surface area contributed by atoms with Crippen LogP contribution in [0.15, 0.2) is 0 Å². The van der Waals surface area contributed by atoms with Crippen LogP contribution < -0.4 is 0 Å². The minimum Gasteiger partial charge on any atom is -0.460 e. The van der Waals surface area contributed by atoms with Gasteiger partial charge >= 0.3 is 5.97 Å². The smallest absolute Gasteiger partial charge is 0.378 e. The fourth-order valence-corrected chi connectivity index (χ4v) is 0.960. The van der Waals surface area contributed by atoms with Crippen molar-refractivity contribution in [2.24, 2.45) is 0 Å². The predicted octanol–water partition coefficient (Wildman–Crippen LogP) is 0.908. The van der Waals surface area contributed by atoms with Gasteiger partial charge in [-0.05, 0) is 13.3 Å². The third kappa shape index (κ3) is 3.67. The number of rotatable bonds is 6. The van der Waals surface area contributed by atoms with Gasteiger partial charge in [0.2, 0.25) is 0 Å². The Balaban J connectivity index is 2.45. The third-order valence-electron chi connectivity index (χ3n) is 1.58. The predicted molar refractivity (Wildman–Crippen MR) is 52.3 cm³/mol. The van der Waals surface area contributed by atoms with E-state index in [-0.39, 0.29) is 5.82 Å². The number of nitrogens with one attached hydrogen (secondary N) is 1. The van der Waals surface area contributed by atoms with E-state index in [1.807, 2.05) is 6.92 Å². The van der Waals surface area contributed by atoms with Crippen LogP contribution in [0.5, 0.6) is 0 Å². The topological polar surface area (TPSA) is 77.1 Å². The molecule has 84 valence electrons. The zero-order valence-corrected chi connectivity index (χ0v) is 8.95. The summed E-state index contributed by atoms with van der Waals surface area (Å²) >= 11 is 0. The van der Waals surface area contributed by atoms with E-state index in [1.165, 1.54) is 0 Å². The summed E-state index contributed by atoms with van der Waals surface area (Å²) in [5.41, 5.74) is 0. The fraction of sp³-hybridized carbons (Fsp3) is 0.667. The fourth-order valence-electron chi connectivity index (χ4n) is 0.960. The van der Waals surface area contributed by atoms with Crippen LogP contribution in [0.1, 0.15) is 36.7 Å². The molecule has 0 aliphatic carbocycles. The van der Waals surface area contributed by atoms with E-state index < -0.39 is 5.97 Å². The van der Waals surface area contributed by atoms with Crippen molar-refractivity contribution in [3.05, 3.63) is 11.6 Å². The molecule has 1 N–H and O–H groups in total. The monoisotopic (exact) mass is 213 g/mol. The normalized spacial score (nSPS) is 10.3. The molecule has 1 aromatic heterocycles. The molecule has 1 heterocycles. The molecule has 0 saturated carbocycles. The van der Waals surface area contributed by atoms with E-state index in [1.54, 1.807) is 6.92 Å².